The van der Waals surface area contributed by atoms with E-state index in [4.69, 9.17) is 0 Å². The molecule has 1 aliphatic rings. The molecule has 0 aromatic rings. The number of hydrogen-bond donors (Lipinski definition) is 0. The van der Waals surface area contributed by atoms with E-state index in [1.807, 2.05) is 0 Å². The molecule has 0 aromatic carbocycles. The topological polar surface area (TPSA) is 0 Å². The smallest absolute Gasteiger partial charge is 0.000359 e. The van der Waals surface area contributed by atoms with Crippen molar-refractivity contribution >= 4 is 9.24 Å². The van der Waals surface area contributed by atoms with E-state index in [2.05, 4.69) is 41.3 Å². The summed E-state index contributed by atoms with van der Waals surface area (Å²) in [7, 11) is 2.88. The van der Waals surface area contributed by atoms with Gasteiger partial charge in [-0.25, -0.2) is 0 Å². The Labute approximate surface area is 65.6 Å². The van der Waals surface area contributed by atoms with Gasteiger partial charge in [-0.1, -0.05) is 37.6 Å². The molecule has 10 heavy (non-hydrogen) atoms. The van der Waals surface area contributed by atoms with Crippen molar-refractivity contribution in [3.63, 3.8) is 0 Å². The summed E-state index contributed by atoms with van der Waals surface area (Å²) in [4.78, 5) is 0. The first kappa shape index (κ1) is 8.01. The van der Waals surface area contributed by atoms with Crippen LogP contribution in [-0.4, -0.2) is 5.16 Å². The van der Waals surface area contributed by atoms with Gasteiger partial charge in [0.05, 0.1) is 0 Å². The Morgan fingerprint density at radius 1 is 1.50 bits per heavy atom. The lowest BCUT2D eigenvalue weighted by Gasteiger charge is -2.23. The molecule has 1 unspecified atom stereocenters. The summed E-state index contributed by atoms with van der Waals surface area (Å²) >= 11 is 0. The van der Waals surface area contributed by atoms with Crippen LogP contribution in [0.1, 0.15) is 26.7 Å². The molecule has 0 radical (unpaired) electrons. The maximum absolute atomic E-state index is 2.88. The summed E-state index contributed by atoms with van der Waals surface area (Å²) in [6.45, 7) is 4.48. The number of allylic oxidation sites excluding steroid dienone is 4. The predicted octanol–water partition coefficient (Wildman–Crippen LogP) is 2.92. The van der Waals surface area contributed by atoms with Gasteiger partial charge in [-0.05, 0) is 12.8 Å². The van der Waals surface area contributed by atoms with E-state index in [0.717, 1.165) is 0 Å². The van der Waals surface area contributed by atoms with Crippen LogP contribution in [-0.2, 0) is 0 Å². The first-order valence-electron chi connectivity index (χ1n) is 3.76. The molecule has 1 rings (SSSR count). The summed E-state index contributed by atoms with van der Waals surface area (Å²) in [5.41, 5.74) is 1.54. The highest BCUT2D eigenvalue weighted by molar-refractivity contribution is 7.19. The zero-order valence-electron chi connectivity index (χ0n) is 6.72. The molecule has 56 valence electrons. The lowest BCUT2D eigenvalue weighted by molar-refractivity contribution is 0.759. The molecule has 0 fully saturated rings. The highest BCUT2D eigenvalue weighted by Crippen LogP contribution is 2.31. The number of hydrogen-bond acceptors (Lipinski definition) is 0. The van der Waals surface area contributed by atoms with E-state index < -0.39 is 0 Å². The third-order valence-electron chi connectivity index (χ3n) is 1.84. The first-order valence-corrected chi connectivity index (χ1v) is 4.33. The molecular weight excluding hydrogens is 139 g/mol. The summed E-state index contributed by atoms with van der Waals surface area (Å²) in [5, 5.41) is 0.296. The Balaban J connectivity index is 2.72. The van der Waals surface area contributed by atoms with E-state index in [0.29, 0.717) is 5.16 Å². The highest BCUT2D eigenvalue weighted by atomic mass is 31.0. The lowest BCUT2D eigenvalue weighted by Crippen LogP contribution is -2.13. The highest BCUT2D eigenvalue weighted by Gasteiger charge is 2.16. The van der Waals surface area contributed by atoms with Crippen LogP contribution in [0.5, 0.6) is 0 Å². The third kappa shape index (κ3) is 1.95. The minimum absolute atomic E-state index is 0.296. The van der Waals surface area contributed by atoms with E-state index in [9.17, 15) is 0 Å². The van der Waals surface area contributed by atoms with Gasteiger partial charge in [0.2, 0.25) is 0 Å². The molecule has 0 amide bonds. The lowest BCUT2D eigenvalue weighted by atomic mass is 9.94. The fourth-order valence-corrected chi connectivity index (χ4v) is 1.38. The first-order chi connectivity index (χ1) is 4.61. The SMILES string of the molecule is CC(C)(P)C1=CC=CCC1. The van der Waals surface area contributed by atoms with Crippen molar-refractivity contribution in [2.75, 3.05) is 0 Å². The van der Waals surface area contributed by atoms with E-state index >= 15 is 0 Å². The van der Waals surface area contributed by atoms with E-state index in [1.165, 1.54) is 12.8 Å². The summed E-state index contributed by atoms with van der Waals surface area (Å²) < 4.78 is 0. The van der Waals surface area contributed by atoms with Crippen molar-refractivity contribution in [3.05, 3.63) is 23.8 Å². The van der Waals surface area contributed by atoms with Crippen LogP contribution in [0.2, 0.25) is 0 Å². The summed E-state index contributed by atoms with van der Waals surface area (Å²) in [5.74, 6) is 0. The molecule has 1 heteroatoms. The van der Waals surface area contributed by atoms with Crippen LogP contribution in [0.3, 0.4) is 0 Å². The van der Waals surface area contributed by atoms with Gasteiger partial charge in [-0.2, -0.15) is 0 Å². The van der Waals surface area contributed by atoms with Crippen molar-refractivity contribution < 1.29 is 0 Å². The molecule has 1 aliphatic carbocycles. The summed E-state index contributed by atoms with van der Waals surface area (Å²) in [6, 6.07) is 0. The van der Waals surface area contributed by atoms with Gasteiger partial charge in [0, 0.05) is 5.16 Å². The molecule has 0 N–H and O–H groups in total. The minimum atomic E-state index is 0.296. The largest absolute Gasteiger partial charge is 0.127 e. The van der Waals surface area contributed by atoms with Crippen LogP contribution in [0.4, 0.5) is 0 Å². The van der Waals surface area contributed by atoms with Crippen LogP contribution in [0.25, 0.3) is 0 Å². The number of rotatable bonds is 1. The zero-order valence-corrected chi connectivity index (χ0v) is 7.88. The predicted molar refractivity (Wildman–Crippen MR) is 50.2 cm³/mol. The molecule has 0 saturated carbocycles. The summed E-state index contributed by atoms with van der Waals surface area (Å²) in [6.07, 6.45) is 9.05. The third-order valence-corrected chi connectivity index (χ3v) is 2.21. The van der Waals surface area contributed by atoms with Crippen LogP contribution >= 0.6 is 9.24 Å². The fraction of sp³-hybridized carbons (Fsp3) is 0.556. The van der Waals surface area contributed by atoms with Crippen LogP contribution in [0, 0.1) is 0 Å². The molecule has 0 nitrogen and oxygen atoms in total. The van der Waals surface area contributed by atoms with Gasteiger partial charge < -0.3 is 0 Å². The van der Waals surface area contributed by atoms with Crippen LogP contribution in [0.15, 0.2) is 23.8 Å². The Hall–Kier alpha value is -0.0900. The second kappa shape index (κ2) is 2.88. The molecule has 0 aliphatic heterocycles. The Morgan fingerprint density at radius 2 is 2.20 bits per heavy atom. The molecule has 0 spiro atoms. The molecule has 0 aromatic heterocycles. The average molecular weight is 154 g/mol. The van der Waals surface area contributed by atoms with Crippen molar-refractivity contribution in [1.82, 2.24) is 0 Å². The van der Waals surface area contributed by atoms with Crippen molar-refractivity contribution in [3.8, 4) is 0 Å². The van der Waals surface area contributed by atoms with E-state index in [-0.39, 0.29) is 0 Å². The van der Waals surface area contributed by atoms with Gasteiger partial charge in [0.1, 0.15) is 0 Å². The van der Waals surface area contributed by atoms with Crippen molar-refractivity contribution in [2.45, 2.75) is 31.8 Å². The molecule has 0 bridgehead atoms. The average Bonchev–Trinajstić information content (AvgIpc) is 1.88. The molecule has 0 heterocycles. The zero-order chi connectivity index (χ0) is 7.61. The molecule has 0 saturated heterocycles. The molecular formula is C9H15P. The van der Waals surface area contributed by atoms with E-state index in [1.54, 1.807) is 5.57 Å². The van der Waals surface area contributed by atoms with Gasteiger partial charge in [0.25, 0.3) is 0 Å². The van der Waals surface area contributed by atoms with Crippen molar-refractivity contribution in [2.24, 2.45) is 0 Å². The Kier molecular flexibility index (Phi) is 2.31. The maximum Gasteiger partial charge on any atom is 0.000359 e. The van der Waals surface area contributed by atoms with Gasteiger partial charge in [-0.3, -0.25) is 0 Å². The van der Waals surface area contributed by atoms with Crippen LogP contribution < -0.4 is 0 Å². The van der Waals surface area contributed by atoms with Crippen molar-refractivity contribution in [1.29, 1.82) is 0 Å². The second-order valence-corrected chi connectivity index (χ2v) is 4.82. The van der Waals surface area contributed by atoms with Gasteiger partial charge >= 0.3 is 0 Å². The minimum Gasteiger partial charge on any atom is -0.127 e. The normalized spacial score (nSPS) is 18.9. The van der Waals surface area contributed by atoms with Gasteiger partial charge in [0.15, 0.2) is 0 Å². The standard InChI is InChI=1S/C9H15P/c1-9(2,10)8-6-4-3-5-7-8/h3-4,6H,5,7,10H2,1-2H3. The fourth-order valence-electron chi connectivity index (χ4n) is 1.14. The Morgan fingerprint density at radius 3 is 2.50 bits per heavy atom. The quantitative estimate of drug-likeness (QED) is 0.509. The van der Waals surface area contributed by atoms with Gasteiger partial charge in [-0.15, -0.1) is 9.24 Å². The maximum atomic E-state index is 2.88. The molecule has 1 atom stereocenters. The second-order valence-electron chi connectivity index (χ2n) is 3.38. The monoisotopic (exact) mass is 154 g/mol. The Bertz CT molecular complexity index is 170.